The van der Waals surface area contributed by atoms with Gasteiger partial charge in [0.25, 0.3) is 0 Å². The van der Waals surface area contributed by atoms with E-state index in [1.54, 1.807) is 0 Å². The summed E-state index contributed by atoms with van der Waals surface area (Å²) in [5.74, 6) is 0.662. The van der Waals surface area contributed by atoms with Crippen LogP contribution < -0.4 is 5.32 Å². The Morgan fingerprint density at radius 1 is 1.16 bits per heavy atom. The van der Waals surface area contributed by atoms with E-state index in [2.05, 4.69) is 17.3 Å². The molecule has 0 aromatic heterocycles. The lowest BCUT2D eigenvalue weighted by atomic mass is 9.92. The van der Waals surface area contributed by atoms with Gasteiger partial charge in [-0.25, -0.2) is 0 Å². The molecule has 2 N–H and O–H groups in total. The van der Waals surface area contributed by atoms with Crippen LogP contribution in [0.15, 0.2) is 0 Å². The molecule has 2 fully saturated rings. The molecule has 0 spiro atoms. The first kappa shape index (κ1) is 14.8. The fraction of sp³-hybridized carbons (Fsp3) is 0.933. The summed E-state index contributed by atoms with van der Waals surface area (Å²) in [4.78, 5) is 14.6. The van der Waals surface area contributed by atoms with Crippen LogP contribution in [0.5, 0.6) is 0 Å². The molecule has 4 heteroatoms. The molecule has 1 heterocycles. The molecule has 1 amide bonds. The van der Waals surface area contributed by atoms with Gasteiger partial charge in [-0.1, -0.05) is 19.3 Å². The van der Waals surface area contributed by atoms with Crippen molar-refractivity contribution in [2.24, 2.45) is 11.8 Å². The zero-order valence-electron chi connectivity index (χ0n) is 12.1. The van der Waals surface area contributed by atoms with Crippen LogP contribution in [0.4, 0.5) is 0 Å². The molecule has 2 rings (SSSR count). The number of hydrogen-bond acceptors (Lipinski definition) is 3. The number of amides is 1. The monoisotopic (exact) mass is 268 g/mol. The van der Waals surface area contributed by atoms with Crippen LogP contribution in [-0.4, -0.2) is 48.7 Å². The maximum absolute atomic E-state index is 12.3. The topological polar surface area (TPSA) is 52.6 Å². The third-order valence-corrected chi connectivity index (χ3v) is 4.81. The molecule has 2 unspecified atom stereocenters. The normalized spacial score (nSPS) is 30.8. The molecule has 110 valence electrons. The molecule has 0 aromatic carbocycles. The van der Waals surface area contributed by atoms with Gasteiger partial charge in [0.15, 0.2) is 0 Å². The van der Waals surface area contributed by atoms with E-state index in [9.17, 15) is 9.90 Å². The van der Waals surface area contributed by atoms with Crippen LogP contribution in [0.2, 0.25) is 0 Å². The minimum Gasteiger partial charge on any atom is -0.396 e. The molecular weight excluding hydrogens is 240 g/mol. The first-order valence-electron chi connectivity index (χ1n) is 7.80. The minimum atomic E-state index is 0.179. The summed E-state index contributed by atoms with van der Waals surface area (Å²) in [7, 11) is 2.11. The molecule has 4 nitrogen and oxygen atoms in total. The first-order valence-corrected chi connectivity index (χ1v) is 7.80. The van der Waals surface area contributed by atoms with E-state index in [0.29, 0.717) is 0 Å². The molecule has 19 heavy (non-hydrogen) atoms. The zero-order valence-corrected chi connectivity index (χ0v) is 12.1. The summed E-state index contributed by atoms with van der Waals surface area (Å²) in [5.41, 5.74) is 0. The number of nitrogens with one attached hydrogen (secondary N) is 1. The van der Waals surface area contributed by atoms with Gasteiger partial charge in [0.2, 0.25) is 5.91 Å². The van der Waals surface area contributed by atoms with Crippen LogP contribution in [0.1, 0.15) is 44.9 Å². The van der Waals surface area contributed by atoms with E-state index >= 15 is 0 Å². The highest BCUT2D eigenvalue weighted by Crippen LogP contribution is 2.24. The second-order valence-corrected chi connectivity index (χ2v) is 6.27. The molecule has 0 radical (unpaired) electrons. The van der Waals surface area contributed by atoms with Crippen LogP contribution in [0.3, 0.4) is 0 Å². The van der Waals surface area contributed by atoms with Gasteiger partial charge in [-0.2, -0.15) is 0 Å². The maximum Gasteiger partial charge on any atom is 0.223 e. The average Bonchev–Trinajstić information content (AvgIpc) is 2.64. The summed E-state index contributed by atoms with van der Waals surface area (Å²) in [6.07, 6.45) is 7.62. The summed E-state index contributed by atoms with van der Waals surface area (Å²) < 4.78 is 0. The van der Waals surface area contributed by atoms with E-state index < -0.39 is 0 Å². The number of likely N-dealkylation sites (tertiary alicyclic amines) is 1. The number of carbonyl (C=O) groups is 1. The van der Waals surface area contributed by atoms with Gasteiger partial charge in [-0.15, -0.1) is 0 Å². The van der Waals surface area contributed by atoms with Gasteiger partial charge < -0.3 is 15.3 Å². The van der Waals surface area contributed by atoms with Crippen molar-refractivity contribution in [1.82, 2.24) is 10.2 Å². The van der Waals surface area contributed by atoms with Gasteiger partial charge in [0, 0.05) is 24.5 Å². The summed E-state index contributed by atoms with van der Waals surface area (Å²) in [6, 6.07) is 0.194. The third kappa shape index (κ3) is 4.18. The fourth-order valence-electron chi connectivity index (χ4n) is 3.36. The number of carbonyl (C=O) groups excluding carboxylic acids is 1. The Bertz CT molecular complexity index is 288. The number of aliphatic hydroxyl groups is 1. The lowest BCUT2D eigenvalue weighted by molar-refractivity contribution is -0.127. The highest BCUT2D eigenvalue weighted by Gasteiger charge is 2.29. The quantitative estimate of drug-likeness (QED) is 0.761. The van der Waals surface area contributed by atoms with Gasteiger partial charge in [-0.3, -0.25) is 4.79 Å². The molecule has 1 aliphatic carbocycles. The van der Waals surface area contributed by atoms with E-state index in [4.69, 9.17) is 0 Å². The van der Waals surface area contributed by atoms with E-state index in [1.165, 1.54) is 19.3 Å². The van der Waals surface area contributed by atoms with Gasteiger partial charge in [-0.05, 0) is 45.8 Å². The van der Waals surface area contributed by atoms with Crippen molar-refractivity contribution in [3.63, 3.8) is 0 Å². The molecule has 1 saturated heterocycles. The number of aliphatic hydroxyl groups excluding tert-OH is 1. The Morgan fingerprint density at radius 3 is 2.53 bits per heavy atom. The average molecular weight is 268 g/mol. The van der Waals surface area contributed by atoms with Crippen LogP contribution >= 0.6 is 0 Å². The summed E-state index contributed by atoms with van der Waals surface area (Å²) in [5, 5.41) is 12.7. The Kier molecular flexibility index (Phi) is 5.64. The van der Waals surface area contributed by atoms with E-state index in [0.717, 1.165) is 38.8 Å². The van der Waals surface area contributed by atoms with Crippen molar-refractivity contribution in [3.05, 3.63) is 0 Å². The van der Waals surface area contributed by atoms with Gasteiger partial charge in [0.05, 0.1) is 0 Å². The zero-order chi connectivity index (χ0) is 13.7. The lowest BCUT2D eigenvalue weighted by Gasteiger charge is -2.31. The van der Waals surface area contributed by atoms with Crippen LogP contribution in [0.25, 0.3) is 0 Å². The number of piperidine rings is 1. The van der Waals surface area contributed by atoms with Crippen molar-refractivity contribution in [2.45, 2.75) is 51.0 Å². The number of hydrogen-bond donors (Lipinski definition) is 2. The van der Waals surface area contributed by atoms with Gasteiger partial charge in [0.1, 0.15) is 0 Å². The largest absolute Gasteiger partial charge is 0.396 e. The fourth-order valence-corrected chi connectivity index (χ4v) is 3.36. The van der Waals surface area contributed by atoms with Gasteiger partial charge >= 0.3 is 0 Å². The molecule has 2 aliphatic rings. The minimum absolute atomic E-state index is 0.179. The standard InChI is InChI=1S/C15H28N2O2/c1-17-9-7-12(8-10-17)15(19)16-14-6-4-2-3-5-13(14)11-18/h12-14,18H,2-11H2,1H3,(H,16,19). The SMILES string of the molecule is CN1CCC(C(=O)NC2CCCCCC2CO)CC1. The predicted octanol–water partition coefficient (Wildman–Crippen LogP) is 1.39. The molecule has 2 atom stereocenters. The molecular formula is C15H28N2O2. The number of nitrogens with zero attached hydrogens (tertiary/aromatic N) is 1. The Labute approximate surface area is 116 Å². The summed E-state index contributed by atoms with van der Waals surface area (Å²) in [6.45, 7) is 2.25. The van der Waals surface area contributed by atoms with E-state index in [-0.39, 0.29) is 30.4 Å². The van der Waals surface area contributed by atoms with Crippen molar-refractivity contribution >= 4 is 5.91 Å². The Balaban J connectivity index is 1.85. The molecule has 1 saturated carbocycles. The molecule has 0 bridgehead atoms. The van der Waals surface area contributed by atoms with Crippen LogP contribution in [0, 0.1) is 11.8 Å². The second kappa shape index (κ2) is 7.25. The van der Waals surface area contributed by atoms with Crippen molar-refractivity contribution < 1.29 is 9.90 Å². The highest BCUT2D eigenvalue weighted by atomic mass is 16.3. The predicted molar refractivity (Wildman–Crippen MR) is 75.8 cm³/mol. The van der Waals surface area contributed by atoms with E-state index in [1.807, 2.05) is 0 Å². The van der Waals surface area contributed by atoms with Crippen LogP contribution in [-0.2, 0) is 4.79 Å². The molecule has 0 aromatic rings. The highest BCUT2D eigenvalue weighted by molar-refractivity contribution is 5.79. The summed E-state index contributed by atoms with van der Waals surface area (Å²) >= 11 is 0. The smallest absolute Gasteiger partial charge is 0.223 e. The number of rotatable bonds is 3. The first-order chi connectivity index (χ1) is 9.20. The Hall–Kier alpha value is -0.610. The molecule has 1 aliphatic heterocycles. The van der Waals surface area contributed by atoms with Crippen molar-refractivity contribution in [1.29, 1.82) is 0 Å². The lowest BCUT2D eigenvalue weighted by Crippen LogP contribution is -2.46. The van der Waals surface area contributed by atoms with Crippen molar-refractivity contribution in [2.75, 3.05) is 26.7 Å². The third-order valence-electron chi connectivity index (χ3n) is 4.81. The maximum atomic E-state index is 12.3. The van der Waals surface area contributed by atoms with Crippen molar-refractivity contribution in [3.8, 4) is 0 Å². The second-order valence-electron chi connectivity index (χ2n) is 6.27. The Morgan fingerprint density at radius 2 is 1.84 bits per heavy atom.